The van der Waals surface area contributed by atoms with E-state index in [4.69, 9.17) is 9.47 Å². The molecule has 1 N–H and O–H groups in total. The van der Waals surface area contributed by atoms with Gasteiger partial charge in [0.1, 0.15) is 0 Å². The standard InChI is InChI=1S/C13H25NO2/c1-13(2)8-7-10(16-13)9-14-11-5-4-6-12(11)15-3/h10-12,14H,4-9H2,1-3H3. The van der Waals surface area contributed by atoms with Gasteiger partial charge in [-0.05, 0) is 46.0 Å². The Kier molecular flexibility index (Phi) is 3.88. The smallest absolute Gasteiger partial charge is 0.0724 e. The second-order valence-corrected chi connectivity index (χ2v) is 5.76. The van der Waals surface area contributed by atoms with Gasteiger partial charge >= 0.3 is 0 Å². The first-order valence-corrected chi connectivity index (χ1v) is 6.55. The molecule has 16 heavy (non-hydrogen) atoms. The molecule has 2 fully saturated rings. The van der Waals surface area contributed by atoms with Gasteiger partial charge in [-0.25, -0.2) is 0 Å². The Morgan fingerprint density at radius 2 is 2.12 bits per heavy atom. The summed E-state index contributed by atoms with van der Waals surface area (Å²) in [6, 6.07) is 0.539. The summed E-state index contributed by atoms with van der Waals surface area (Å²) < 4.78 is 11.5. The van der Waals surface area contributed by atoms with Crippen LogP contribution in [-0.2, 0) is 9.47 Å². The Morgan fingerprint density at radius 3 is 2.75 bits per heavy atom. The van der Waals surface area contributed by atoms with Gasteiger partial charge in [0.25, 0.3) is 0 Å². The molecule has 0 aromatic rings. The van der Waals surface area contributed by atoms with E-state index < -0.39 is 0 Å². The van der Waals surface area contributed by atoms with Crippen LogP contribution >= 0.6 is 0 Å². The topological polar surface area (TPSA) is 30.5 Å². The summed E-state index contributed by atoms with van der Waals surface area (Å²) in [5.41, 5.74) is 0.0860. The van der Waals surface area contributed by atoms with Gasteiger partial charge in [0, 0.05) is 19.7 Å². The van der Waals surface area contributed by atoms with E-state index in [1.807, 2.05) is 7.11 Å². The molecule has 3 atom stereocenters. The lowest BCUT2D eigenvalue weighted by Crippen LogP contribution is -2.41. The van der Waals surface area contributed by atoms with Gasteiger partial charge in [-0.3, -0.25) is 0 Å². The van der Waals surface area contributed by atoms with Crippen LogP contribution in [0.5, 0.6) is 0 Å². The summed E-state index contributed by atoms with van der Waals surface area (Å²) >= 11 is 0. The molecular formula is C13H25NO2. The van der Waals surface area contributed by atoms with Gasteiger partial charge in [0.2, 0.25) is 0 Å². The monoisotopic (exact) mass is 227 g/mol. The number of methoxy groups -OCH3 is 1. The molecule has 1 heterocycles. The Labute approximate surface area is 98.9 Å². The van der Waals surface area contributed by atoms with Crippen molar-refractivity contribution in [3.63, 3.8) is 0 Å². The summed E-state index contributed by atoms with van der Waals surface area (Å²) in [7, 11) is 1.82. The number of ether oxygens (including phenoxy) is 2. The highest BCUT2D eigenvalue weighted by Gasteiger charge is 2.33. The van der Waals surface area contributed by atoms with Gasteiger partial charge in [-0.15, -0.1) is 0 Å². The second kappa shape index (κ2) is 5.03. The van der Waals surface area contributed by atoms with E-state index in [0.717, 1.165) is 6.54 Å². The predicted molar refractivity (Wildman–Crippen MR) is 64.6 cm³/mol. The van der Waals surface area contributed by atoms with Gasteiger partial charge in [0.15, 0.2) is 0 Å². The van der Waals surface area contributed by atoms with Crippen molar-refractivity contribution in [1.82, 2.24) is 5.32 Å². The van der Waals surface area contributed by atoms with E-state index >= 15 is 0 Å². The van der Waals surface area contributed by atoms with E-state index in [2.05, 4.69) is 19.2 Å². The van der Waals surface area contributed by atoms with Crippen LogP contribution in [0.3, 0.4) is 0 Å². The largest absolute Gasteiger partial charge is 0.380 e. The molecule has 94 valence electrons. The average molecular weight is 227 g/mol. The average Bonchev–Trinajstić information content (AvgIpc) is 2.81. The highest BCUT2D eigenvalue weighted by atomic mass is 16.5. The molecule has 2 rings (SSSR count). The van der Waals surface area contributed by atoms with Gasteiger partial charge < -0.3 is 14.8 Å². The SMILES string of the molecule is COC1CCCC1NCC1CCC(C)(C)O1. The third-order valence-corrected chi connectivity index (χ3v) is 3.92. The number of nitrogens with one attached hydrogen (secondary N) is 1. The molecule has 1 aliphatic carbocycles. The molecule has 3 heteroatoms. The van der Waals surface area contributed by atoms with E-state index in [-0.39, 0.29) is 5.60 Å². The maximum atomic E-state index is 5.97. The highest BCUT2D eigenvalue weighted by molar-refractivity contribution is 4.87. The summed E-state index contributed by atoms with van der Waals surface area (Å²) in [6.45, 7) is 5.34. The van der Waals surface area contributed by atoms with Crippen LogP contribution in [0.2, 0.25) is 0 Å². The van der Waals surface area contributed by atoms with E-state index in [0.29, 0.717) is 18.2 Å². The molecule has 1 saturated carbocycles. The van der Waals surface area contributed by atoms with Crippen molar-refractivity contribution in [2.45, 2.75) is 69.8 Å². The highest BCUT2D eigenvalue weighted by Crippen LogP contribution is 2.29. The number of rotatable bonds is 4. The molecule has 0 spiro atoms. The van der Waals surface area contributed by atoms with Crippen LogP contribution in [0.4, 0.5) is 0 Å². The van der Waals surface area contributed by atoms with E-state index in [9.17, 15) is 0 Å². The van der Waals surface area contributed by atoms with Gasteiger partial charge in [-0.2, -0.15) is 0 Å². The first kappa shape index (κ1) is 12.3. The van der Waals surface area contributed by atoms with Crippen molar-refractivity contribution in [3.8, 4) is 0 Å². The zero-order valence-electron chi connectivity index (χ0n) is 10.8. The molecular weight excluding hydrogens is 202 g/mol. The molecule has 2 aliphatic rings. The van der Waals surface area contributed by atoms with Gasteiger partial charge in [0.05, 0.1) is 17.8 Å². The van der Waals surface area contributed by atoms with Crippen LogP contribution in [0, 0.1) is 0 Å². The van der Waals surface area contributed by atoms with Crippen molar-refractivity contribution >= 4 is 0 Å². The molecule has 0 aromatic heterocycles. The lowest BCUT2D eigenvalue weighted by molar-refractivity contribution is -0.0173. The van der Waals surface area contributed by atoms with Crippen molar-refractivity contribution in [2.24, 2.45) is 0 Å². The first-order valence-electron chi connectivity index (χ1n) is 6.55. The summed E-state index contributed by atoms with van der Waals surface area (Å²) in [5, 5.41) is 3.61. The zero-order chi connectivity index (χ0) is 11.6. The summed E-state index contributed by atoms with van der Waals surface area (Å²) in [6.07, 6.45) is 6.90. The summed E-state index contributed by atoms with van der Waals surface area (Å²) in [4.78, 5) is 0. The predicted octanol–water partition coefficient (Wildman–Crippen LogP) is 2.10. The fourth-order valence-electron chi connectivity index (χ4n) is 2.95. The first-order chi connectivity index (χ1) is 7.61. The Bertz CT molecular complexity index is 230. The van der Waals surface area contributed by atoms with Gasteiger partial charge in [-0.1, -0.05) is 0 Å². The fraction of sp³-hybridized carbons (Fsp3) is 1.00. The minimum Gasteiger partial charge on any atom is -0.380 e. The maximum absolute atomic E-state index is 5.97. The lowest BCUT2D eigenvalue weighted by Gasteiger charge is -2.23. The normalized spacial score (nSPS) is 38.1. The zero-order valence-corrected chi connectivity index (χ0v) is 10.8. The Balaban J connectivity index is 1.71. The minimum atomic E-state index is 0.0860. The number of hydrogen-bond donors (Lipinski definition) is 1. The molecule has 0 aromatic carbocycles. The molecule has 0 amide bonds. The quantitative estimate of drug-likeness (QED) is 0.798. The van der Waals surface area contributed by atoms with Crippen molar-refractivity contribution < 1.29 is 9.47 Å². The third kappa shape index (κ3) is 2.96. The molecule has 0 radical (unpaired) electrons. The minimum absolute atomic E-state index is 0.0860. The third-order valence-electron chi connectivity index (χ3n) is 3.92. The van der Waals surface area contributed by atoms with E-state index in [1.54, 1.807) is 0 Å². The summed E-state index contributed by atoms with van der Waals surface area (Å²) in [5.74, 6) is 0. The van der Waals surface area contributed by atoms with Crippen LogP contribution in [-0.4, -0.2) is 37.5 Å². The fourth-order valence-corrected chi connectivity index (χ4v) is 2.95. The lowest BCUT2D eigenvalue weighted by atomic mass is 10.1. The van der Waals surface area contributed by atoms with Crippen molar-refractivity contribution in [2.75, 3.05) is 13.7 Å². The Hall–Kier alpha value is -0.120. The molecule has 0 bridgehead atoms. The molecule has 3 nitrogen and oxygen atoms in total. The number of hydrogen-bond acceptors (Lipinski definition) is 3. The second-order valence-electron chi connectivity index (χ2n) is 5.76. The van der Waals surface area contributed by atoms with Crippen LogP contribution in [0.15, 0.2) is 0 Å². The van der Waals surface area contributed by atoms with Crippen LogP contribution in [0.1, 0.15) is 46.0 Å². The van der Waals surface area contributed by atoms with Crippen LogP contribution in [0.25, 0.3) is 0 Å². The molecule has 1 aliphatic heterocycles. The molecule has 1 saturated heterocycles. The van der Waals surface area contributed by atoms with Crippen molar-refractivity contribution in [3.05, 3.63) is 0 Å². The van der Waals surface area contributed by atoms with Crippen molar-refractivity contribution in [1.29, 1.82) is 0 Å². The Morgan fingerprint density at radius 1 is 1.31 bits per heavy atom. The molecule has 3 unspecified atom stereocenters. The maximum Gasteiger partial charge on any atom is 0.0724 e. The van der Waals surface area contributed by atoms with Crippen LogP contribution < -0.4 is 5.32 Å². The van der Waals surface area contributed by atoms with E-state index in [1.165, 1.54) is 32.1 Å².